The van der Waals surface area contributed by atoms with Crippen LogP contribution < -0.4 is 14.4 Å². The van der Waals surface area contributed by atoms with Gasteiger partial charge in [0.2, 0.25) is 10.0 Å². The number of carbonyl (C=O) groups excluding carboxylic acids is 1. The summed E-state index contributed by atoms with van der Waals surface area (Å²) in [6.45, 7) is 4.46. The van der Waals surface area contributed by atoms with Crippen LogP contribution in [0.3, 0.4) is 0 Å². The fourth-order valence-corrected chi connectivity index (χ4v) is 9.36. The van der Waals surface area contributed by atoms with Gasteiger partial charge in [0.05, 0.1) is 36.4 Å². The van der Waals surface area contributed by atoms with Crippen molar-refractivity contribution in [3.05, 3.63) is 58.1 Å². The standard InChI is InChI=1S/C32H39ClN2O6S/c1-20-17-42(37,38)34-31(36)22-5-9-29-28(14-22)35(16-23-4-7-26(23)30-15-25(41-20)10-12-39-30)18-32(19-40-29)11-2-3-21-13-24(33)6-8-27(21)32/h5-6,8-9,13-14,20,23,25-26,30H,2-4,7,10-12,15-19H2,1H3,(H,34,36)/t20-,23-,25+,26+,30+,32?/m0/s1. The summed E-state index contributed by atoms with van der Waals surface area (Å²) < 4.78 is 47.3. The first-order valence-electron chi connectivity index (χ1n) is 15.3. The number of carbonyl (C=O) groups is 1. The molecule has 2 fully saturated rings. The van der Waals surface area contributed by atoms with E-state index >= 15 is 0 Å². The summed E-state index contributed by atoms with van der Waals surface area (Å²) in [4.78, 5) is 15.7. The Morgan fingerprint density at radius 2 is 2.00 bits per heavy atom. The van der Waals surface area contributed by atoms with E-state index in [9.17, 15) is 13.2 Å². The van der Waals surface area contributed by atoms with Crippen molar-refractivity contribution in [2.24, 2.45) is 11.8 Å². The lowest BCUT2D eigenvalue weighted by Crippen LogP contribution is -2.51. The number of anilines is 1. The third-order valence-corrected chi connectivity index (χ3v) is 11.7. The van der Waals surface area contributed by atoms with E-state index in [4.69, 9.17) is 25.8 Å². The molecule has 1 saturated carbocycles. The molecular weight excluding hydrogens is 576 g/mol. The average molecular weight is 615 g/mol. The number of nitrogens with zero attached hydrogens (tertiary/aromatic N) is 1. The molecule has 1 spiro atoms. The number of benzene rings is 2. The Kier molecular flexibility index (Phi) is 7.44. The van der Waals surface area contributed by atoms with Crippen molar-refractivity contribution in [1.82, 2.24) is 4.72 Å². The highest BCUT2D eigenvalue weighted by Crippen LogP contribution is 2.47. The van der Waals surface area contributed by atoms with Gasteiger partial charge in [0.15, 0.2) is 0 Å². The summed E-state index contributed by atoms with van der Waals surface area (Å²) in [6, 6.07) is 11.5. The molecule has 8 nitrogen and oxygen atoms in total. The fraction of sp³-hybridized carbons (Fsp3) is 0.594. The highest BCUT2D eigenvalue weighted by atomic mass is 35.5. The van der Waals surface area contributed by atoms with E-state index in [-0.39, 0.29) is 23.4 Å². The second-order valence-electron chi connectivity index (χ2n) is 13.0. The van der Waals surface area contributed by atoms with Gasteiger partial charge in [0.1, 0.15) is 5.75 Å². The largest absolute Gasteiger partial charge is 0.490 e. The molecule has 0 radical (unpaired) electrons. The summed E-state index contributed by atoms with van der Waals surface area (Å²) in [6.07, 6.45) is 6.28. The van der Waals surface area contributed by atoms with Crippen molar-refractivity contribution < 1.29 is 27.4 Å². The normalized spacial score (nSPS) is 34.2. The van der Waals surface area contributed by atoms with E-state index in [1.807, 2.05) is 12.1 Å². The number of fused-ring (bicyclic) bond motifs is 7. The predicted molar refractivity (Wildman–Crippen MR) is 161 cm³/mol. The molecule has 2 aromatic rings. The summed E-state index contributed by atoms with van der Waals surface area (Å²) in [5.74, 6) is 0.657. The van der Waals surface area contributed by atoms with E-state index in [2.05, 4.69) is 21.8 Å². The number of rotatable bonds is 0. The summed E-state index contributed by atoms with van der Waals surface area (Å²) in [5.41, 5.74) is 3.48. The van der Waals surface area contributed by atoms with Gasteiger partial charge >= 0.3 is 0 Å². The molecule has 4 bridgehead atoms. The van der Waals surface area contributed by atoms with E-state index in [1.54, 1.807) is 19.1 Å². The predicted octanol–water partition coefficient (Wildman–Crippen LogP) is 4.87. The van der Waals surface area contributed by atoms with E-state index < -0.39 is 22.0 Å². The van der Waals surface area contributed by atoms with Crippen LogP contribution in [0.4, 0.5) is 5.69 Å². The first kappa shape index (κ1) is 28.4. The molecule has 7 rings (SSSR count). The lowest BCUT2D eigenvalue weighted by Gasteiger charge is -2.48. The highest BCUT2D eigenvalue weighted by Gasteiger charge is 2.45. The van der Waals surface area contributed by atoms with Crippen LogP contribution in [0.25, 0.3) is 0 Å². The number of halogens is 1. The van der Waals surface area contributed by atoms with Gasteiger partial charge in [0, 0.05) is 42.1 Å². The van der Waals surface area contributed by atoms with Crippen LogP contribution in [0.2, 0.25) is 5.02 Å². The van der Waals surface area contributed by atoms with Crippen molar-refractivity contribution in [1.29, 1.82) is 0 Å². The number of amides is 1. The quantitative estimate of drug-likeness (QED) is 0.453. The van der Waals surface area contributed by atoms with Crippen molar-refractivity contribution in [2.45, 2.75) is 75.6 Å². The van der Waals surface area contributed by atoms with Crippen molar-refractivity contribution in [3.63, 3.8) is 0 Å². The van der Waals surface area contributed by atoms with Crippen molar-refractivity contribution in [2.75, 3.05) is 37.0 Å². The monoisotopic (exact) mass is 614 g/mol. The maximum absolute atomic E-state index is 13.3. The molecule has 6 atom stereocenters. The topological polar surface area (TPSA) is 94.2 Å². The Morgan fingerprint density at radius 1 is 1.12 bits per heavy atom. The summed E-state index contributed by atoms with van der Waals surface area (Å²) in [7, 11) is -3.91. The highest BCUT2D eigenvalue weighted by molar-refractivity contribution is 7.90. The Hall–Kier alpha value is -2.33. The molecule has 3 heterocycles. The lowest BCUT2D eigenvalue weighted by molar-refractivity contribution is -0.126. The van der Waals surface area contributed by atoms with Crippen LogP contribution in [0, 0.1) is 11.8 Å². The molecule has 0 aromatic heterocycles. The number of nitrogens with one attached hydrogen (secondary N) is 1. The zero-order chi connectivity index (χ0) is 29.1. The molecule has 226 valence electrons. The molecule has 1 unspecified atom stereocenters. The molecule has 2 aromatic carbocycles. The molecule has 10 heteroatoms. The second-order valence-corrected chi connectivity index (χ2v) is 15.2. The van der Waals surface area contributed by atoms with Crippen LogP contribution in [0.15, 0.2) is 36.4 Å². The number of hydrogen-bond donors (Lipinski definition) is 1. The molecule has 5 aliphatic rings. The second kappa shape index (κ2) is 11.0. The molecular formula is C32H39ClN2O6S. The van der Waals surface area contributed by atoms with Gasteiger partial charge in [-0.3, -0.25) is 4.79 Å². The van der Waals surface area contributed by atoms with Gasteiger partial charge in [0.25, 0.3) is 5.91 Å². The fourth-order valence-electron chi connectivity index (χ4n) is 7.99. The van der Waals surface area contributed by atoms with Crippen LogP contribution >= 0.6 is 11.6 Å². The Labute approximate surface area is 253 Å². The van der Waals surface area contributed by atoms with Gasteiger partial charge in [-0.15, -0.1) is 0 Å². The van der Waals surface area contributed by atoms with E-state index in [0.29, 0.717) is 30.6 Å². The molecule has 1 N–H and O–H groups in total. The minimum Gasteiger partial charge on any atom is -0.490 e. The van der Waals surface area contributed by atoms with Crippen molar-refractivity contribution >= 4 is 33.2 Å². The number of aryl methyl sites for hydroxylation is 1. The van der Waals surface area contributed by atoms with Gasteiger partial charge in [-0.2, -0.15) is 0 Å². The minimum absolute atomic E-state index is 0.0569. The van der Waals surface area contributed by atoms with Crippen LogP contribution in [-0.2, 0) is 31.3 Å². The Bertz CT molecular complexity index is 1480. The van der Waals surface area contributed by atoms with E-state index in [1.165, 1.54) is 11.1 Å². The molecule has 1 amide bonds. The van der Waals surface area contributed by atoms with Gasteiger partial charge in [-0.05, 0) is 98.7 Å². The minimum atomic E-state index is -3.91. The smallest absolute Gasteiger partial charge is 0.264 e. The summed E-state index contributed by atoms with van der Waals surface area (Å²) >= 11 is 6.41. The van der Waals surface area contributed by atoms with Crippen LogP contribution in [-0.4, -0.2) is 64.7 Å². The van der Waals surface area contributed by atoms with Crippen LogP contribution in [0.5, 0.6) is 5.75 Å². The Balaban J connectivity index is 1.29. The molecule has 1 saturated heterocycles. The Morgan fingerprint density at radius 3 is 2.83 bits per heavy atom. The lowest BCUT2D eigenvalue weighted by atomic mass is 9.67. The SMILES string of the molecule is C[C@H]1CS(=O)(=O)NC(=O)c2ccc3c(c2)N(C[C@@H]2CC[C@H]2[C@H]2C[C@@H](CCO2)O1)CC1(CCCc2cc(Cl)ccc21)CO3. The first-order valence-corrected chi connectivity index (χ1v) is 17.3. The van der Waals surface area contributed by atoms with Crippen LogP contribution in [0.1, 0.15) is 66.9 Å². The van der Waals surface area contributed by atoms with Gasteiger partial charge < -0.3 is 19.1 Å². The summed E-state index contributed by atoms with van der Waals surface area (Å²) in [5, 5.41) is 0.751. The molecule has 42 heavy (non-hydrogen) atoms. The number of hydrogen-bond acceptors (Lipinski definition) is 7. The average Bonchev–Trinajstić information content (AvgIpc) is 3.07. The number of sulfonamides is 1. The number of ether oxygens (including phenoxy) is 3. The maximum Gasteiger partial charge on any atom is 0.264 e. The third-order valence-electron chi connectivity index (χ3n) is 10.1. The first-order chi connectivity index (χ1) is 20.2. The third kappa shape index (κ3) is 5.42. The van der Waals surface area contributed by atoms with Gasteiger partial charge in [-0.25, -0.2) is 13.1 Å². The zero-order valence-electron chi connectivity index (χ0n) is 24.0. The van der Waals surface area contributed by atoms with Crippen molar-refractivity contribution in [3.8, 4) is 5.75 Å². The van der Waals surface area contributed by atoms with E-state index in [0.717, 1.165) is 74.5 Å². The van der Waals surface area contributed by atoms with Gasteiger partial charge in [-0.1, -0.05) is 17.7 Å². The molecule has 3 aliphatic heterocycles. The zero-order valence-corrected chi connectivity index (χ0v) is 25.6. The maximum atomic E-state index is 13.3. The molecule has 2 aliphatic carbocycles.